The standard InChI is InChI=1S/C22H20ClN7OS/c1-14-12-30(19(26-14)16-4-2-3-5-17(16)23)18-6-8-25-22(28-18)27-15-7-10-29(13-15)21(31)20-24-9-11-32-20/h2-6,8-9,11-12,15H,7,10,13H2,1H3,(H,25,27,28)/t15-/m1/s1. The minimum atomic E-state index is -0.0303. The molecule has 3 aromatic heterocycles. The van der Waals surface area contributed by atoms with Crippen LogP contribution in [-0.4, -0.2) is 54.4 Å². The SMILES string of the molecule is Cc1cn(-c2ccnc(N[C@@H]3CCN(C(=O)c4nccs4)C3)n2)c(-c2ccccc2Cl)n1. The summed E-state index contributed by atoms with van der Waals surface area (Å²) in [5.41, 5.74) is 1.70. The molecule has 1 amide bonds. The molecule has 10 heteroatoms. The van der Waals surface area contributed by atoms with Gasteiger partial charge < -0.3 is 10.2 Å². The lowest BCUT2D eigenvalue weighted by Crippen LogP contribution is -2.31. The van der Waals surface area contributed by atoms with Crippen LogP contribution < -0.4 is 5.32 Å². The topological polar surface area (TPSA) is 88.8 Å². The molecule has 1 N–H and O–H groups in total. The summed E-state index contributed by atoms with van der Waals surface area (Å²) in [5.74, 6) is 1.88. The molecule has 8 nitrogen and oxygen atoms in total. The third-order valence-electron chi connectivity index (χ3n) is 5.25. The molecule has 0 spiro atoms. The average molecular weight is 466 g/mol. The number of anilines is 1. The van der Waals surface area contributed by atoms with E-state index < -0.39 is 0 Å². The van der Waals surface area contributed by atoms with Gasteiger partial charge in [0, 0.05) is 48.7 Å². The summed E-state index contributed by atoms with van der Waals surface area (Å²) in [5, 5.41) is 6.33. The Kier molecular flexibility index (Phi) is 5.59. The smallest absolute Gasteiger partial charge is 0.282 e. The molecule has 1 saturated heterocycles. The second kappa shape index (κ2) is 8.68. The van der Waals surface area contributed by atoms with Crippen LogP contribution in [0.4, 0.5) is 5.95 Å². The zero-order valence-electron chi connectivity index (χ0n) is 17.3. The largest absolute Gasteiger partial charge is 0.350 e. The molecule has 162 valence electrons. The van der Waals surface area contributed by atoms with Gasteiger partial charge in [-0.1, -0.05) is 23.7 Å². The Morgan fingerprint density at radius 1 is 1.19 bits per heavy atom. The van der Waals surface area contributed by atoms with E-state index in [1.165, 1.54) is 11.3 Å². The van der Waals surface area contributed by atoms with E-state index >= 15 is 0 Å². The highest BCUT2D eigenvalue weighted by Gasteiger charge is 2.28. The molecule has 4 heterocycles. The van der Waals surface area contributed by atoms with Crippen LogP contribution in [0.25, 0.3) is 17.2 Å². The third kappa shape index (κ3) is 4.09. The van der Waals surface area contributed by atoms with E-state index in [2.05, 4.69) is 20.3 Å². The molecule has 1 aliphatic heterocycles. The highest BCUT2D eigenvalue weighted by atomic mass is 35.5. The van der Waals surface area contributed by atoms with Crippen molar-refractivity contribution in [3.8, 4) is 17.2 Å². The van der Waals surface area contributed by atoms with E-state index in [0.717, 1.165) is 23.5 Å². The number of nitrogens with one attached hydrogen (secondary N) is 1. The molecular weight excluding hydrogens is 446 g/mol. The molecular formula is C22H20ClN7OS. The highest BCUT2D eigenvalue weighted by Crippen LogP contribution is 2.29. The number of thiazole rings is 1. The zero-order chi connectivity index (χ0) is 22.1. The molecule has 0 aliphatic carbocycles. The van der Waals surface area contributed by atoms with E-state index in [9.17, 15) is 4.79 Å². The molecule has 1 fully saturated rings. The first-order valence-corrected chi connectivity index (χ1v) is 11.4. The van der Waals surface area contributed by atoms with Crippen molar-refractivity contribution in [1.82, 2.24) is 29.4 Å². The summed E-state index contributed by atoms with van der Waals surface area (Å²) in [6.45, 7) is 3.19. The first-order valence-electron chi connectivity index (χ1n) is 10.2. The van der Waals surface area contributed by atoms with Crippen LogP contribution in [0.1, 0.15) is 21.9 Å². The number of imidazole rings is 1. The maximum atomic E-state index is 12.5. The van der Waals surface area contributed by atoms with Crippen LogP contribution in [0.2, 0.25) is 5.02 Å². The highest BCUT2D eigenvalue weighted by molar-refractivity contribution is 7.11. The third-order valence-corrected chi connectivity index (χ3v) is 6.34. The number of carbonyl (C=O) groups is 1. The number of halogens is 1. The number of amides is 1. The molecule has 1 aromatic carbocycles. The molecule has 0 radical (unpaired) electrons. The van der Waals surface area contributed by atoms with Crippen LogP contribution in [0.5, 0.6) is 0 Å². The summed E-state index contributed by atoms with van der Waals surface area (Å²) < 4.78 is 1.91. The van der Waals surface area contributed by atoms with Crippen molar-refractivity contribution in [3.05, 3.63) is 70.0 Å². The Hall–Kier alpha value is -3.30. The van der Waals surface area contributed by atoms with Gasteiger partial charge in [0.1, 0.15) is 11.6 Å². The number of hydrogen-bond donors (Lipinski definition) is 1. The Balaban J connectivity index is 1.35. The van der Waals surface area contributed by atoms with Crippen LogP contribution >= 0.6 is 22.9 Å². The maximum absolute atomic E-state index is 12.5. The fraction of sp³-hybridized carbons (Fsp3) is 0.227. The number of nitrogens with zero attached hydrogens (tertiary/aromatic N) is 6. The zero-order valence-corrected chi connectivity index (χ0v) is 18.8. The fourth-order valence-electron chi connectivity index (χ4n) is 3.77. The summed E-state index contributed by atoms with van der Waals surface area (Å²) in [6.07, 6.45) is 6.11. The number of aromatic nitrogens is 5. The minimum Gasteiger partial charge on any atom is -0.350 e. The molecule has 1 aliphatic rings. The number of carbonyl (C=O) groups excluding carboxylic acids is 1. The Labute approximate surface area is 193 Å². The van der Waals surface area contributed by atoms with Gasteiger partial charge in [-0.3, -0.25) is 9.36 Å². The van der Waals surface area contributed by atoms with E-state index in [-0.39, 0.29) is 11.9 Å². The van der Waals surface area contributed by atoms with E-state index in [1.54, 1.807) is 12.4 Å². The van der Waals surface area contributed by atoms with Gasteiger partial charge in [-0.05, 0) is 31.5 Å². The normalized spacial score (nSPS) is 15.8. The lowest BCUT2D eigenvalue weighted by atomic mass is 10.2. The summed E-state index contributed by atoms with van der Waals surface area (Å²) in [6, 6.07) is 9.51. The molecule has 0 unspecified atom stereocenters. The van der Waals surface area contributed by atoms with Gasteiger partial charge in [-0.15, -0.1) is 11.3 Å². The molecule has 4 aromatic rings. The van der Waals surface area contributed by atoms with Gasteiger partial charge in [-0.2, -0.15) is 4.98 Å². The van der Waals surface area contributed by atoms with Gasteiger partial charge in [-0.25, -0.2) is 15.0 Å². The molecule has 0 bridgehead atoms. The Morgan fingerprint density at radius 3 is 2.88 bits per heavy atom. The van der Waals surface area contributed by atoms with Crippen molar-refractivity contribution in [3.63, 3.8) is 0 Å². The van der Waals surface area contributed by atoms with Crippen molar-refractivity contribution in [1.29, 1.82) is 0 Å². The van der Waals surface area contributed by atoms with Crippen molar-refractivity contribution in [2.75, 3.05) is 18.4 Å². The second-order valence-corrected chi connectivity index (χ2v) is 8.81. The van der Waals surface area contributed by atoms with Crippen LogP contribution in [0.3, 0.4) is 0 Å². The van der Waals surface area contributed by atoms with Crippen LogP contribution in [0.15, 0.2) is 54.3 Å². The van der Waals surface area contributed by atoms with Gasteiger partial charge in [0.15, 0.2) is 5.01 Å². The number of hydrogen-bond acceptors (Lipinski definition) is 7. The first kappa shape index (κ1) is 20.6. The molecule has 0 saturated carbocycles. The Bertz CT molecular complexity index is 1260. The summed E-state index contributed by atoms with van der Waals surface area (Å²) >= 11 is 7.77. The van der Waals surface area contributed by atoms with Crippen molar-refractivity contribution in [2.45, 2.75) is 19.4 Å². The fourth-order valence-corrected chi connectivity index (χ4v) is 4.59. The van der Waals surface area contributed by atoms with Crippen LogP contribution in [-0.2, 0) is 0 Å². The predicted octanol–water partition coefficient (Wildman–Crippen LogP) is 4.07. The van der Waals surface area contributed by atoms with E-state index in [0.29, 0.717) is 34.9 Å². The maximum Gasteiger partial charge on any atom is 0.282 e. The van der Waals surface area contributed by atoms with Gasteiger partial charge in [0.2, 0.25) is 5.95 Å². The van der Waals surface area contributed by atoms with Crippen LogP contribution in [0, 0.1) is 6.92 Å². The lowest BCUT2D eigenvalue weighted by molar-refractivity contribution is 0.0791. The monoisotopic (exact) mass is 465 g/mol. The first-order chi connectivity index (χ1) is 15.6. The van der Waals surface area contributed by atoms with Crippen molar-refractivity contribution >= 4 is 34.8 Å². The minimum absolute atomic E-state index is 0.0303. The number of rotatable bonds is 5. The number of aryl methyl sites for hydroxylation is 1. The van der Waals surface area contributed by atoms with Crippen molar-refractivity contribution in [2.24, 2.45) is 0 Å². The van der Waals surface area contributed by atoms with Gasteiger partial charge >= 0.3 is 0 Å². The number of benzene rings is 1. The summed E-state index contributed by atoms with van der Waals surface area (Å²) in [4.78, 5) is 32.2. The summed E-state index contributed by atoms with van der Waals surface area (Å²) in [7, 11) is 0. The van der Waals surface area contributed by atoms with Gasteiger partial charge in [0.25, 0.3) is 5.91 Å². The molecule has 1 atom stereocenters. The molecule has 5 rings (SSSR count). The second-order valence-electron chi connectivity index (χ2n) is 7.51. The lowest BCUT2D eigenvalue weighted by Gasteiger charge is -2.16. The Morgan fingerprint density at radius 2 is 2.06 bits per heavy atom. The van der Waals surface area contributed by atoms with E-state index in [4.69, 9.17) is 16.6 Å². The van der Waals surface area contributed by atoms with Gasteiger partial charge in [0.05, 0.1) is 10.7 Å². The average Bonchev–Trinajstić information content (AvgIpc) is 3.55. The predicted molar refractivity (Wildman–Crippen MR) is 124 cm³/mol. The van der Waals surface area contributed by atoms with Crippen molar-refractivity contribution < 1.29 is 4.79 Å². The van der Waals surface area contributed by atoms with E-state index in [1.807, 2.05) is 58.3 Å². The quantitative estimate of drug-likeness (QED) is 0.478. The molecule has 32 heavy (non-hydrogen) atoms. The number of likely N-dealkylation sites (tertiary alicyclic amines) is 1.